The number of ether oxygens (including phenoxy) is 1. The molecule has 0 fully saturated rings. The Kier molecular flexibility index (Phi) is 5.78. The van der Waals surface area contributed by atoms with E-state index in [1.54, 1.807) is 24.3 Å². The Morgan fingerprint density at radius 2 is 1.86 bits per heavy atom. The summed E-state index contributed by atoms with van der Waals surface area (Å²) < 4.78 is 36.8. The summed E-state index contributed by atoms with van der Waals surface area (Å²) in [6.45, 7) is 0. The molecule has 0 aliphatic heterocycles. The highest BCUT2D eigenvalue weighted by atomic mass is 35.5. The van der Waals surface area contributed by atoms with Crippen LogP contribution in [-0.2, 0) is 10.1 Å². The highest BCUT2D eigenvalue weighted by Gasteiger charge is 2.10. The lowest BCUT2D eigenvalue weighted by atomic mass is 10.2. The molecule has 0 spiro atoms. The van der Waals surface area contributed by atoms with Gasteiger partial charge in [0.2, 0.25) is 11.2 Å². The first-order chi connectivity index (χ1) is 13.3. The molecule has 2 N–H and O–H groups in total. The summed E-state index contributed by atoms with van der Waals surface area (Å²) in [5, 5.41) is 11.0. The van der Waals surface area contributed by atoms with Gasteiger partial charge in [0.05, 0.1) is 29.1 Å². The lowest BCUT2D eigenvalue weighted by molar-refractivity contribution is 0.417. The van der Waals surface area contributed by atoms with Gasteiger partial charge < -0.3 is 10.1 Å². The zero-order valence-electron chi connectivity index (χ0n) is 14.3. The summed E-state index contributed by atoms with van der Waals surface area (Å²) in [6, 6.07) is 10.4. The minimum Gasteiger partial charge on any atom is -0.494 e. The van der Waals surface area contributed by atoms with Crippen molar-refractivity contribution in [2.75, 3.05) is 12.4 Å². The molecule has 0 unspecified atom stereocenters. The number of nitrogens with one attached hydrogen (secondary N) is 1. The molecule has 10 nitrogen and oxygen atoms in total. The van der Waals surface area contributed by atoms with E-state index < -0.39 is 10.1 Å². The van der Waals surface area contributed by atoms with E-state index in [0.717, 1.165) is 0 Å². The third kappa shape index (κ3) is 4.97. The molecule has 0 radical (unpaired) electrons. The largest absolute Gasteiger partial charge is 0.494 e. The van der Waals surface area contributed by atoms with Gasteiger partial charge in [-0.2, -0.15) is 23.6 Å². The molecule has 28 heavy (non-hydrogen) atoms. The van der Waals surface area contributed by atoms with Crippen molar-refractivity contribution in [3.8, 4) is 5.75 Å². The number of nitrogens with zero attached hydrogens (tertiary/aromatic N) is 5. The van der Waals surface area contributed by atoms with Crippen LogP contribution in [0.3, 0.4) is 0 Å². The first-order valence-corrected chi connectivity index (χ1v) is 9.46. The molecular formula is C16H13ClN6O4S. The van der Waals surface area contributed by atoms with Gasteiger partial charge in [0, 0.05) is 6.07 Å². The maximum Gasteiger partial charge on any atom is 0.294 e. The molecule has 3 aromatic rings. The zero-order chi connectivity index (χ0) is 20.1. The van der Waals surface area contributed by atoms with Crippen LogP contribution in [0.4, 0.5) is 23.0 Å². The maximum absolute atomic E-state index is 11.2. The van der Waals surface area contributed by atoms with Gasteiger partial charge in [-0.3, -0.25) is 4.55 Å². The second kappa shape index (κ2) is 8.25. The maximum atomic E-state index is 11.2. The predicted octanol–water partition coefficient (Wildman–Crippen LogP) is 3.94. The van der Waals surface area contributed by atoms with Crippen molar-refractivity contribution in [1.82, 2.24) is 15.0 Å². The molecule has 144 valence electrons. The molecule has 0 aliphatic rings. The smallest absolute Gasteiger partial charge is 0.294 e. The topological polar surface area (TPSA) is 139 Å². The number of anilines is 2. The number of methoxy groups -OCH3 is 1. The Bertz CT molecular complexity index is 1140. The quantitative estimate of drug-likeness (QED) is 0.451. The van der Waals surface area contributed by atoms with Crippen molar-refractivity contribution in [3.63, 3.8) is 0 Å². The van der Waals surface area contributed by atoms with E-state index in [-0.39, 0.29) is 21.8 Å². The highest BCUT2D eigenvalue weighted by Crippen LogP contribution is 2.32. The molecule has 1 aromatic heterocycles. The van der Waals surface area contributed by atoms with E-state index in [9.17, 15) is 8.42 Å². The van der Waals surface area contributed by atoms with Crippen molar-refractivity contribution in [2.45, 2.75) is 4.90 Å². The Hall–Kier alpha value is -3.15. The van der Waals surface area contributed by atoms with Crippen molar-refractivity contribution >= 4 is 44.7 Å². The van der Waals surface area contributed by atoms with E-state index in [0.29, 0.717) is 17.1 Å². The van der Waals surface area contributed by atoms with Crippen molar-refractivity contribution in [2.24, 2.45) is 10.2 Å². The molecule has 2 aromatic carbocycles. The monoisotopic (exact) mass is 420 g/mol. The minimum absolute atomic E-state index is 0.0500. The van der Waals surface area contributed by atoms with Crippen LogP contribution in [0.5, 0.6) is 5.75 Å². The van der Waals surface area contributed by atoms with E-state index >= 15 is 0 Å². The SMILES string of the molecule is COc1cc(N=Nc2cccc(S(=O)(=O)O)c2)ccc1Nc1ncnc(Cl)n1. The summed E-state index contributed by atoms with van der Waals surface area (Å²) in [5.41, 5.74) is 1.28. The second-order valence-corrected chi connectivity index (χ2v) is 7.02. The first kappa shape index (κ1) is 19.6. The number of halogens is 1. The molecule has 0 atom stereocenters. The summed E-state index contributed by atoms with van der Waals surface area (Å²) >= 11 is 5.73. The zero-order valence-corrected chi connectivity index (χ0v) is 15.9. The highest BCUT2D eigenvalue weighted by molar-refractivity contribution is 7.85. The van der Waals surface area contributed by atoms with E-state index in [4.69, 9.17) is 20.9 Å². The number of hydrogen-bond donors (Lipinski definition) is 2. The van der Waals surface area contributed by atoms with Crippen LogP contribution in [0.2, 0.25) is 5.28 Å². The fourth-order valence-electron chi connectivity index (χ4n) is 2.12. The minimum atomic E-state index is -4.31. The van der Waals surface area contributed by atoms with Crippen molar-refractivity contribution in [1.29, 1.82) is 0 Å². The predicted molar refractivity (Wildman–Crippen MR) is 102 cm³/mol. The molecule has 0 saturated carbocycles. The Labute approximate surface area is 165 Å². The fourth-order valence-corrected chi connectivity index (χ4v) is 2.77. The molecule has 1 heterocycles. The van der Waals surface area contributed by atoms with Crippen molar-refractivity contribution < 1.29 is 17.7 Å². The Morgan fingerprint density at radius 3 is 2.54 bits per heavy atom. The van der Waals surface area contributed by atoms with Gasteiger partial charge >= 0.3 is 0 Å². The summed E-state index contributed by atoms with van der Waals surface area (Å²) in [6.07, 6.45) is 1.27. The van der Waals surface area contributed by atoms with Gasteiger partial charge in [-0.25, -0.2) is 9.97 Å². The molecule has 12 heteroatoms. The number of hydrogen-bond acceptors (Lipinski definition) is 9. The number of benzene rings is 2. The third-order valence-electron chi connectivity index (χ3n) is 3.37. The molecule has 0 bridgehead atoms. The summed E-state index contributed by atoms with van der Waals surface area (Å²) in [4.78, 5) is 11.3. The summed E-state index contributed by atoms with van der Waals surface area (Å²) in [7, 11) is -2.83. The van der Waals surface area contributed by atoms with Gasteiger partial charge in [-0.1, -0.05) is 6.07 Å². The molecule has 3 rings (SSSR count). The van der Waals surface area contributed by atoms with Crippen LogP contribution in [0, 0.1) is 0 Å². The van der Waals surface area contributed by atoms with Crippen LogP contribution in [0.1, 0.15) is 0 Å². The number of azo groups is 1. The second-order valence-electron chi connectivity index (χ2n) is 5.26. The van der Waals surface area contributed by atoms with Gasteiger partial charge in [-0.05, 0) is 41.9 Å². The summed E-state index contributed by atoms with van der Waals surface area (Å²) in [5.74, 6) is 0.689. The van der Waals surface area contributed by atoms with Gasteiger partial charge in [0.1, 0.15) is 12.1 Å². The third-order valence-corrected chi connectivity index (χ3v) is 4.40. The van der Waals surface area contributed by atoms with Crippen LogP contribution < -0.4 is 10.1 Å². The van der Waals surface area contributed by atoms with E-state index in [1.165, 1.54) is 31.6 Å². The fraction of sp³-hybridized carbons (Fsp3) is 0.0625. The average Bonchev–Trinajstić information content (AvgIpc) is 2.67. The van der Waals surface area contributed by atoms with Crippen LogP contribution in [0.25, 0.3) is 0 Å². The van der Waals surface area contributed by atoms with E-state index in [1.807, 2.05) is 0 Å². The van der Waals surface area contributed by atoms with Crippen LogP contribution >= 0.6 is 11.6 Å². The number of rotatable bonds is 6. The molecule has 0 amide bonds. The standard InChI is InChI=1S/C16H13ClN6O4S/c1-27-14-8-11(5-6-13(14)20-16-19-9-18-15(17)21-16)23-22-10-3-2-4-12(7-10)28(24,25)26/h2-9H,1H3,(H,24,25,26)(H,18,19,20,21). The first-order valence-electron chi connectivity index (χ1n) is 7.64. The molecule has 0 saturated heterocycles. The Balaban J connectivity index is 1.83. The van der Waals surface area contributed by atoms with Crippen LogP contribution in [-0.4, -0.2) is 35.0 Å². The van der Waals surface area contributed by atoms with Gasteiger partial charge in [-0.15, -0.1) is 0 Å². The van der Waals surface area contributed by atoms with Crippen LogP contribution in [0.15, 0.2) is 63.9 Å². The van der Waals surface area contributed by atoms with Crippen molar-refractivity contribution in [3.05, 3.63) is 54.1 Å². The average molecular weight is 421 g/mol. The van der Waals surface area contributed by atoms with Gasteiger partial charge in [0.15, 0.2) is 0 Å². The Morgan fingerprint density at radius 1 is 1.11 bits per heavy atom. The number of aromatic nitrogens is 3. The molecule has 0 aliphatic carbocycles. The van der Waals surface area contributed by atoms with E-state index in [2.05, 4.69) is 30.5 Å². The lowest BCUT2D eigenvalue weighted by Crippen LogP contribution is -1.99. The van der Waals surface area contributed by atoms with Gasteiger partial charge in [0.25, 0.3) is 10.1 Å². The lowest BCUT2D eigenvalue weighted by Gasteiger charge is -2.10. The normalized spacial score (nSPS) is 11.5. The molecular weight excluding hydrogens is 408 g/mol.